The normalized spacial score (nSPS) is 43.2. The molecular formula is C9H11NO. The van der Waals surface area contributed by atoms with Crippen LogP contribution in [0.15, 0.2) is 30.2 Å². The molecule has 0 aliphatic carbocycles. The lowest BCUT2D eigenvalue weighted by molar-refractivity contribution is 0.142. The van der Waals surface area contributed by atoms with Gasteiger partial charge < -0.3 is 10.0 Å². The van der Waals surface area contributed by atoms with E-state index < -0.39 is 55.0 Å². The van der Waals surface area contributed by atoms with Gasteiger partial charge in [0, 0.05) is 18.7 Å². The minimum Gasteiger partial charge on any atom is -0.389 e. The fourth-order valence-corrected chi connectivity index (χ4v) is 0.679. The quantitative estimate of drug-likeness (QED) is 0.657. The molecule has 0 spiro atoms. The van der Waals surface area contributed by atoms with Crippen LogP contribution in [-0.2, 0) is 0 Å². The van der Waals surface area contributed by atoms with E-state index in [1.54, 1.807) is 0 Å². The second-order valence-electron chi connectivity index (χ2n) is 1.88. The van der Waals surface area contributed by atoms with E-state index in [-0.39, 0.29) is 4.90 Å². The molecule has 1 heterocycles. The highest BCUT2D eigenvalue weighted by Crippen LogP contribution is 2.19. The first kappa shape index (κ1) is 1.83. The number of nitrogens with zero attached hydrogens (tertiary/aromatic N) is 1. The topological polar surface area (TPSA) is 23.5 Å². The highest BCUT2D eigenvalue weighted by Gasteiger charge is 2.23. The molecule has 2 nitrogen and oxygen atoms in total. The zero-order valence-corrected chi connectivity index (χ0v) is 5.39. The molecular weight excluding hydrogens is 138 g/mol. The van der Waals surface area contributed by atoms with Crippen LogP contribution in [0.25, 0.3) is 0 Å². The van der Waals surface area contributed by atoms with Gasteiger partial charge in [-0.2, -0.15) is 0 Å². The van der Waals surface area contributed by atoms with Crippen LogP contribution in [0.1, 0.15) is 13.7 Å². The summed E-state index contributed by atoms with van der Waals surface area (Å²) in [7, 11) is 0. The van der Waals surface area contributed by atoms with E-state index in [2.05, 4.69) is 0 Å². The molecule has 1 fully saturated rings. The number of benzene rings is 1. The first-order chi connectivity index (χ1) is 9.30. The Morgan fingerprint density at radius 3 is 2.82 bits per heavy atom. The summed E-state index contributed by atoms with van der Waals surface area (Å²) in [6.07, 6.45) is -3.14. The number of hydrogen-bond acceptors (Lipinski definition) is 2. The third kappa shape index (κ3) is 1.21. The Balaban J connectivity index is 2.75. The van der Waals surface area contributed by atoms with Gasteiger partial charge in [0.15, 0.2) is 0 Å². The van der Waals surface area contributed by atoms with Crippen LogP contribution in [0.2, 0.25) is 0 Å². The van der Waals surface area contributed by atoms with Gasteiger partial charge in [0.05, 0.1) is 19.8 Å². The zero-order chi connectivity index (χ0) is 16.5. The van der Waals surface area contributed by atoms with Crippen LogP contribution in [0.5, 0.6) is 0 Å². The van der Waals surface area contributed by atoms with E-state index in [0.29, 0.717) is 0 Å². The molecule has 58 valence electrons. The van der Waals surface area contributed by atoms with Gasteiger partial charge >= 0.3 is 0 Å². The lowest BCUT2D eigenvalue weighted by atomic mass is 10.1. The molecule has 1 saturated heterocycles. The van der Waals surface area contributed by atoms with Crippen molar-refractivity contribution in [2.45, 2.75) is 6.08 Å². The Morgan fingerprint density at radius 2 is 2.18 bits per heavy atom. The summed E-state index contributed by atoms with van der Waals surface area (Å²) in [6.45, 7) is -5.91. The first-order valence-electron chi connectivity index (χ1n) is 7.89. The molecule has 0 amide bonds. The monoisotopic (exact) mass is 159 g/mol. The van der Waals surface area contributed by atoms with Crippen molar-refractivity contribution in [1.82, 2.24) is 0 Å². The zero-order valence-electron chi connectivity index (χ0n) is 15.4. The highest BCUT2D eigenvalue weighted by atomic mass is 16.3. The molecule has 2 rings (SSSR count). The van der Waals surface area contributed by atoms with Crippen molar-refractivity contribution in [3.05, 3.63) is 30.2 Å². The van der Waals surface area contributed by atoms with Crippen molar-refractivity contribution < 1.29 is 18.8 Å². The predicted molar refractivity (Wildman–Crippen MR) is 44.7 cm³/mol. The van der Waals surface area contributed by atoms with Crippen molar-refractivity contribution >= 4 is 5.69 Å². The number of anilines is 1. The highest BCUT2D eigenvalue weighted by molar-refractivity contribution is 5.48. The second-order valence-corrected chi connectivity index (χ2v) is 1.88. The third-order valence-corrected chi connectivity index (χ3v) is 1.15. The lowest BCUT2D eigenvalue weighted by Gasteiger charge is -2.37. The molecule has 0 saturated carbocycles. The molecule has 11 heavy (non-hydrogen) atoms. The predicted octanol–water partition coefficient (Wildman–Crippen LogP) is 0.867. The van der Waals surface area contributed by atoms with Gasteiger partial charge in [-0.1, -0.05) is 18.1 Å². The average molecular weight is 159 g/mol. The van der Waals surface area contributed by atoms with Crippen LogP contribution in [0.3, 0.4) is 0 Å². The maximum Gasteiger partial charge on any atom is 0.0889 e. The fraction of sp³-hybridized carbons (Fsp3) is 0.333. The minimum absolute atomic E-state index is 0.202. The number of β-amino-alcohol motifs (C(OH)–C–C–N with tert-alkyl or cyclic N) is 1. The van der Waals surface area contributed by atoms with E-state index in [1.165, 1.54) is 0 Å². The molecule has 0 radical (unpaired) electrons. The summed E-state index contributed by atoms with van der Waals surface area (Å²) >= 11 is 0. The maximum atomic E-state index is 9.60. The molecule has 1 aliphatic heterocycles. The number of aliphatic hydroxyl groups is 1. The van der Waals surface area contributed by atoms with Crippen LogP contribution in [0.4, 0.5) is 5.69 Å². The van der Waals surface area contributed by atoms with Crippen molar-refractivity contribution in [2.24, 2.45) is 0 Å². The Hall–Kier alpha value is -1.02. The van der Waals surface area contributed by atoms with Crippen LogP contribution in [0, 0.1) is 0 Å². The van der Waals surface area contributed by atoms with Crippen molar-refractivity contribution in [2.75, 3.05) is 17.9 Å². The maximum absolute atomic E-state index is 9.60. The number of rotatable bonds is 1. The first-order valence-corrected chi connectivity index (χ1v) is 2.89. The van der Waals surface area contributed by atoms with E-state index in [9.17, 15) is 5.11 Å². The SMILES string of the molecule is [2H]c1c([2H])c([2H])c(N2C([2H])([2H])C([2H])(O)C2([2H])[2H])c([2H])c1[2H]. The summed E-state index contributed by atoms with van der Waals surface area (Å²) in [6, 6.07) is -3.80. The van der Waals surface area contributed by atoms with Gasteiger partial charge in [0.1, 0.15) is 0 Å². The third-order valence-electron chi connectivity index (χ3n) is 1.15. The van der Waals surface area contributed by atoms with Crippen molar-refractivity contribution in [3.63, 3.8) is 0 Å². The molecule has 1 aromatic rings. The Bertz CT molecular complexity index is 580. The standard InChI is InChI=1S/C9H11NO/c11-9-6-10(7-9)8-4-2-1-3-5-8/h1-5,9,11H,6-7H2/i1D,2D,3D,4D,5D,6D2,7D2,9D. The number of hydrogen-bond donors (Lipinski definition) is 1. The molecule has 0 bridgehead atoms. The van der Waals surface area contributed by atoms with E-state index >= 15 is 0 Å². The van der Waals surface area contributed by atoms with Gasteiger partial charge in [-0.3, -0.25) is 0 Å². The molecule has 1 N–H and O–H groups in total. The van der Waals surface area contributed by atoms with Gasteiger partial charge in [0.25, 0.3) is 0 Å². The molecule has 1 aliphatic rings. The molecule has 0 atom stereocenters. The van der Waals surface area contributed by atoms with Gasteiger partial charge in [-0.05, 0) is 12.1 Å². The molecule has 1 aromatic carbocycles. The summed E-state index contributed by atoms with van der Waals surface area (Å²) in [4.78, 5) is 0.202. The Labute approximate surface area is 80.1 Å². The van der Waals surface area contributed by atoms with Gasteiger partial charge in [-0.25, -0.2) is 0 Å². The number of para-hydroxylation sites is 1. The van der Waals surface area contributed by atoms with E-state index in [1.807, 2.05) is 0 Å². The average Bonchev–Trinajstić information content (AvgIpc) is 2.37. The summed E-state index contributed by atoms with van der Waals surface area (Å²) in [5, 5.41) is 9.60. The molecule has 0 aromatic heterocycles. The largest absolute Gasteiger partial charge is 0.389 e. The second kappa shape index (κ2) is 2.55. The minimum atomic E-state index is -3.14. The van der Waals surface area contributed by atoms with E-state index in [0.717, 1.165) is 0 Å². The Morgan fingerprint density at radius 1 is 1.55 bits per heavy atom. The van der Waals surface area contributed by atoms with Crippen LogP contribution >= 0.6 is 0 Å². The summed E-state index contributed by atoms with van der Waals surface area (Å²) in [5.74, 6) is 0. The van der Waals surface area contributed by atoms with Crippen LogP contribution in [-0.4, -0.2) is 24.2 Å². The van der Waals surface area contributed by atoms with Gasteiger partial charge in [-0.15, -0.1) is 0 Å². The molecule has 0 unspecified atom stereocenters. The Kier molecular flexibility index (Phi) is 0.424. The lowest BCUT2D eigenvalue weighted by Crippen LogP contribution is -2.50. The van der Waals surface area contributed by atoms with E-state index in [4.69, 9.17) is 13.7 Å². The van der Waals surface area contributed by atoms with Crippen molar-refractivity contribution in [3.8, 4) is 0 Å². The summed E-state index contributed by atoms with van der Waals surface area (Å²) in [5.41, 5.74) is -0.729. The van der Waals surface area contributed by atoms with Crippen molar-refractivity contribution in [1.29, 1.82) is 0 Å². The van der Waals surface area contributed by atoms with Crippen LogP contribution < -0.4 is 4.90 Å². The summed E-state index contributed by atoms with van der Waals surface area (Å²) < 4.78 is 75.5. The smallest absolute Gasteiger partial charge is 0.0889 e. The fourth-order valence-electron chi connectivity index (χ4n) is 0.679. The van der Waals surface area contributed by atoms with Gasteiger partial charge in [0.2, 0.25) is 0 Å². The molecule has 2 heteroatoms.